The van der Waals surface area contributed by atoms with Crippen LogP contribution in [0.25, 0.3) is 0 Å². The van der Waals surface area contributed by atoms with Crippen molar-refractivity contribution in [2.24, 2.45) is 0 Å². The third kappa shape index (κ3) is 3.73. The molecular weight excluding hydrogens is 244 g/mol. The van der Waals surface area contributed by atoms with Crippen LogP contribution in [0.4, 0.5) is 0 Å². The molecule has 0 unspecified atom stereocenters. The van der Waals surface area contributed by atoms with Crippen LogP contribution >= 0.6 is 12.2 Å². The Bertz CT molecular complexity index is 396. The van der Waals surface area contributed by atoms with Gasteiger partial charge < -0.3 is 14.6 Å². The summed E-state index contributed by atoms with van der Waals surface area (Å²) < 4.78 is 5.57. The SMILES string of the molecule is Cc1ccc(CN(C)C(=S)NC2CCCCC2)o1. The van der Waals surface area contributed by atoms with E-state index in [0.717, 1.165) is 23.2 Å². The van der Waals surface area contributed by atoms with Gasteiger partial charge in [0.15, 0.2) is 5.11 Å². The molecule has 1 fully saturated rings. The Hall–Kier alpha value is -1.03. The molecule has 0 aromatic carbocycles. The van der Waals surface area contributed by atoms with E-state index >= 15 is 0 Å². The molecule has 100 valence electrons. The van der Waals surface area contributed by atoms with Gasteiger partial charge in [0, 0.05) is 13.1 Å². The lowest BCUT2D eigenvalue weighted by atomic mass is 9.96. The van der Waals surface area contributed by atoms with Gasteiger partial charge in [0.1, 0.15) is 11.5 Å². The molecule has 0 radical (unpaired) electrons. The molecule has 1 aliphatic rings. The van der Waals surface area contributed by atoms with Crippen molar-refractivity contribution in [3.8, 4) is 0 Å². The third-order valence-corrected chi connectivity index (χ3v) is 3.90. The highest BCUT2D eigenvalue weighted by molar-refractivity contribution is 7.80. The average Bonchev–Trinajstić information content (AvgIpc) is 2.76. The molecule has 3 nitrogen and oxygen atoms in total. The molecule has 1 heterocycles. The predicted octanol–water partition coefficient (Wildman–Crippen LogP) is 3.23. The second kappa shape index (κ2) is 6.23. The van der Waals surface area contributed by atoms with Crippen molar-refractivity contribution >= 4 is 17.3 Å². The Morgan fingerprint density at radius 3 is 2.72 bits per heavy atom. The zero-order valence-electron chi connectivity index (χ0n) is 11.2. The number of nitrogens with zero attached hydrogens (tertiary/aromatic N) is 1. The fourth-order valence-electron chi connectivity index (χ4n) is 2.41. The molecule has 2 rings (SSSR count). The van der Waals surface area contributed by atoms with Crippen molar-refractivity contribution in [2.75, 3.05) is 7.05 Å². The first-order valence-electron chi connectivity index (χ1n) is 6.72. The summed E-state index contributed by atoms with van der Waals surface area (Å²) in [6, 6.07) is 4.56. The van der Waals surface area contributed by atoms with E-state index in [2.05, 4.69) is 5.32 Å². The van der Waals surface area contributed by atoms with E-state index in [-0.39, 0.29) is 0 Å². The Kier molecular flexibility index (Phi) is 4.64. The summed E-state index contributed by atoms with van der Waals surface area (Å²) in [5.41, 5.74) is 0. The normalized spacial score (nSPS) is 16.6. The number of thiocarbonyl (C=S) groups is 1. The lowest BCUT2D eigenvalue weighted by Crippen LogP contribution is -2.43. The molecule has 1 aromatic rings. The smallest absolute Gasteiger partial charge is 0.169 e. The van der Waals surface area contributed by atoms with Crippen LogP contribution in [-0.2, 0) is 6.54 Å². The van der Waals surface area contributed by atoms with Gasteiger partial charge in [-0.25, -0.2) is 0 Å². The van der Waals surface area contributed by atoms with Crippen molar-refractivity contribution in [3.05, 3.63) is 23.7 Å². The molecule has 1 aliphatic carbocycles. The van der Waals surface area contributed by atoms with Gasteiger partial charge in [0.2, 0.25) is 0 Å². The minimum atomic E-state index is 0.562. The number of furan rings is 1. The fraction of sp³-hybridized carbons (Fsp3) is 0.643. The molecule has 1 aromatic heterocycles. The molecule has 18 heavy (non-hydrogen) atoms. The summed E-state index contributed by atoms with van der Waals surface area (Å²) in [6.45, 7) is 2.69. The molecule has 1 saturated carbocycles. The van der Waals surface area contributed by atoms with Crippen molar-refractivity contribution in [2.45, 2.75) is 51.6 Å². The summed E-state index contributed by atoms with van der Waals surface area (Å²) in [7, 11) is 2.01. The lowest BCUT2D eigenvalue weighted by Gasteiger charge is -2.28. The van der Waals surface area contributed by atoms with Crippen LogP contribution in [0.3, 0.4) is 0 Å². The van der Waals surface area contributed by atoms with Crippen molar-refractivity contribution in [1.29, 1.82) is 0 Å². The van der Waals surface area contributed by atoms with E-state index in [1.807, 2.05) is 31.0 Å². The van der Waals surface area contributed by atoms with Crippen molar-refractivity contribution in [1.82, 2.24) is 10.2 Å². The first-order valence-corrected chi connectivity index (χ1v) is 7.13. The van der Waals surface area contributed by atoms with Crippen LogP contribution < -0.4 is 5.32 Å². The standard InChI is InChI=1S/C14H22N2OS/c1-11-8-9-13(17-11)10-16(2)14(18)15-12-6-4-3-5-7-12/h8-9,12H,3-7,10H2,1-2H3,(H,15,18). The molecule has 4 heteroatoms. The molecule has 0 bridgehead atoms. The summed E-state index contributed by atoms with van der Waals surface area (Å²) in [4.78, 5) is 2.04. The zero-order valence-corrected chi connectivity index (χ0v) is 12.1. The van der Waals surface area contributed by atoms with Crippen LogP contribution in [0.2, 0.25) is 0 Å². The Morgan fingerprint density at radius 1 is 1.39 bits per heavy atom. The number of aryl methyl sites for hydroxylation is 1. The summed E-state index contributed by atoms with van der Waals surface area (Å²) >= 11 is 5.44. The zero-order chi connectivity index (χ0) is 13.0. The molecule has 0 amide bonds. The highest BCUT2D eigenvalue weighted by Crippen LogP contribution is 2.17. The molecular formula is C14H22N2OS. The number of rotatable bonds is 3. The van der Waals surface area contributed by atoms with Gasteiger partial charge in [-0.2, -0.15) is 0 Å². The van der Waals surface area contributed by atoms with Crippen LogP contribution in [-0.4, -0.2) is 23.1 Å². The van der Waals surface area contributed by atoms with E-state index < -0.39 is 0 Å². The van der Waals surface area contributed by atoms with E-state index in [1.165, 1.54) is 32.1 Å². The summed E-state index contributed by atoms with van der Waals surface area (Å²) in [5.74, 6) is 1.91. The summed E-state index contributed by atoms with van der Waals surface area (Å²) in [5, 5.41) is 4.29. The van der Waals surface area contributed by atoms with Gasteiger partial charge in [-0.15, -0.1) is 0 Å². The Morgan fingerprint density at radius 2 is 2.11 bits per heavy atom. The number of nitrogens with one attached hydrogen (secondary N) is 1. The van der Waals surface area contributed by atoms with Gasteiger partial charge in [0.05, 0.1) is 6.54 Å². The first-order chi connectivity index (χ1) is 8.65. The van der Waals surface area contributed by atoms with Gasteiger partial charge in [-0.3, -0.25) is 0 Å². The second-order valence-corrected chi connectivity index (χ2v) is 5.54. The maximum atomic E-state index is 5.57. The molecule has 0 saturated heterocycles. The van der Waals surface area contributed by atoms with Crippen LogP contribution in [0.5, 0.6) is 0 Å². The maximum Gasteiger partial charge on any atom is 0.169 e. The quantitative estimate of drug-likeness (QED) is 0.850. The third-order valence-electron chi connectivity index (χ3n) is 3.47. The van der Waals surface area contributed by atoms with Crippen LogP contribution in [0.1, 0.15) is 43.6 Å². The minimum absolute atomic E-state index is 0.562. The number of hydrogen-bond acceptors (Lipinski definition) is 2. The Balaban J connectivity index is 1.80. The van der Waals surface area contributed by atoms with Crippen LogP contribution in [0, 0.1) is 6.92 Å². The monoisotopic (exact) mass is 266 g/mol. The van der Waals surface area contributed by atoms with E-state index in [9.17, 15) is 0 Å². The summed E-state index contributed by atoms with van der Waals surface area (Å²) in [6.07, 6.45) is 6.50. The predicted molar refractivity (Wildman–Crippen MR) is 77.5 cm³/mol. The minimum Gasteiger partial charge on any atom is -0.464 e. The number of hydrogen-bond donors (Lipinski definition) is 1. The van der Waals surface area contributed by atoms with Gasteiger partial charge in [-0.05, 0) is 44.1 Å². The lowest BCUT2D eigenvalue weighted by molar-refractivity contribution is 0.370. The Labute approximate surface area is 115 Å². The second-order valence-electron chi connectivity index (χ2n) is 5.15. The topological polar surface area (TPSA) is 28.4 Å². The first kappa shape index (κ1) is 13.4. The molecule has 0 spiro atoms. The largest absolute Gasteiger partial charge is 0.464 e. The van der Waals surface area contributed by atoms with E-state index in [1.54, 1.807) is 0 Å². The maximum absolute atomic E-state index is 5.57. The van der Waals surface area contributed by atoms with Gasteiger partial charge >= 0.3 is 0 Å². The fourth-order valence-corrected chi connectivity index (χ4v) is 2.64. The molecule has 0 atom stereocenters. The van der Waals surface area contributed by atoms with E-state index in [0.29, 0.717) is 6.04 Å². The highest BCUT2D eigenvalue weighted by atomic mass is 32.1. The van der Waals surface area contributed by atoms with Crippen LogP contribution in [0.15, 0.2) is 16.5 Å². The van der Waals surface area contributed by atoms with Crippen molar-refractivity contribution < 1.29 is 4.42 Å². The highest BCUT2D eigenvalue weighted by Gasteiger charge is 2.16. The van der Waals surface area contributed by atoms with Gasteiger partial charge in [-0.1, -0.05) is 19.3 Å². The van der Waals surface area contributed by atoms with Gasteiger partial charge in [0.25, 0.3) is 0 Å². The molecule has 0 aliphatic heterocycles. The van der Waals surface area contributed by atoms with E-state index in [4.69, 9.17) is 16.6 Å². The van der Waals surface area contributed by atoms with Crippen molar-refractivity contribution in [3.63, 3.8) is 0 Å². The molecule has 1 N–H and O–H groups in total. The average molecular weight is 266 g/mol.